The van der Waals surface area contributed by atoms with Crippen molar-refractivity contribution in [1.29, 1.82) is 0 Å². The maximum Gasteiger partial charge on any atom is 0.348 e. The molecule has 0 saturated heterocycles. The lowest BCUT2D eigenvalue weighted by Crippen LogP contribution is -2.60. The quantitative estimate of drug-likeness (QED) is 0.0599. The Bertz CT molecular complexity index is 1740. The predicted octanol–water partition coefficient (Wildman–Crippen LogP) is 1.86. The summed E-state index contributed by atoms with van der Waals surface area (Å²) in [6, 6.07) is 6.99. The third-order valence-electron chi connectivity index (χ3n) is 7.21. The van der Waals surface area contributed by atoms with Crippen LogP contribution in [0.2, 0.25) is 0 Å². The first-order valence-corrected chi connectivity index (χ1v) is 14.9. The van der Waals surface area contributed by atoms with Gasteiger partial charge in [-0.15, -0.1) is 0 Å². The Labute approximate surface area is 287 Å². The molecule has 0 radical (unpaired) electrons. The van der Waals surface area contributed by atoms with Gasteiger partial charge in [-0.3, -0.25) is 19.2 Å². The number of ether oxygens (including phenoxy) is 4. The van der Waals surface area contributed by atoms with Crippen LogP contribution in [0.4, 0.5) is 0 Å². The summed E-state index contributed by atoms with van der Waals surface area (Å²) in [5, 5.41) is 66.7. The Hall–Kier alpha value is -6.59. The molecule has 3 rings (SSSR count). The molecular weight excluding hydrogens is 684 g/mol. The van der Waals surface area contributed by atoms with Crippen molar-refractivity contribution in [2.75, 3.05) is 0 Å². The maximum absolute atomic E-state index is 13.0. The average Bonchev–Trinajstić information content (AvgIpc) is 3.05. The predicted molar refractivity (Wildman–Crippen MR) is 167 cm³/mol. The Morgan fingerprint density at radius 3 is 1.51 bits per heavy atom. The van der Waals surface area contributed by atoms with Gasteiger partial charge in [-0.1, -0.05) is 12.1 Å². The number of aliphatic carboxylic acids is 3. The highest BCUT2D eigenvalue weighted by atomic mass is 16.6. The molecule has 18 heteroatoms. The molecule has 51 heavy (non-hydrogen) atoms. The standard InChI is InChI=1S/C33H32O18/c34-19-5-1-17(13-21(19)36)3-9-27(42)48-23-15-33(32(46)47,51-30(45)10-4-18-2-6-20(35)22(37)14-18)16-24(49-28(43)11-7-25(38)39)31(23)50-29(44)12-8-26(40)41/h1-6,9-10,13-14,23-24,31,34-37H,7-8,11-12,15-16H2,(H,38,39)(H,40,41)(H,46,47). The van der Waals surface area contributed by atoms with E-state index in [1.54, 1.807) is 0 Å². The van der Waals surface area contributed by atoms with Gasteiger partial charge >= 0.3 is 41.8 Å². The van der Waals surface area contributed by atoms with Gasteiger partial charge in [0.15, 0.2) is 29.1 Å². The number of carboxylic acids is 3. The molecule has 1 aliphatic carbocycles. The first-order valence-electron chi connectivity index (χ1n) is 14.9. The summed E-state index contributed by atoms with van der Waals surface area (Å²) in [7, 11) is 0. The Morgan fingerprint density at radius 2 is 1.06 bits per heavy atom. The number of phenolic OH excluding ortho intramolecular Hbond substituents is 4. The first kappa shape index (κ1) is 38.9. The fraction of sp³-hybridized carbons (Fsp3) is 0.303. The number of esters is 4. The monoisotopic (exact) mass is 716 g/mol. The van der Waals surface area contributed by atoms with Crippen molar-refractivity contribution in [3.05, 3.63) is 59.7 Å². The lowest BCUT2D eigenvalue weighted by Gasteiger charge is -2.43. The summed E-state index contributed by atoms with van der Waals surface area (Å²) in [5.74, 6) is -11.5. The number of benzene rings is 2. The second-order valence-electron chi connectivity index (χ2n) is 11.0. The highest BCUT2D eigenvalue weighted by Crippen LogP contribution is 2.38. The van der Waals surface area contributed by atoms with Gasteiger partial charge in [0.1, 0.15) is 12.2 Å². The van der Waals surface area contributed by atoms with Crippen LogP contribution in [0, 0.1) is 0 Å². The summed E-state index contributed by atoms with van der Waals surface area (Å²) in [6.07, 6.45) is -6.48. The van der Waals surface area contributed by atoms with E-state index in [1.165, 1.54) is 12.1 Å². The molecule has 0 aliphatic heterocycles. The summed E-state index contributed by atoms with van der Waals surface area (Å²) in [5.41, 5.74) is -2.29. The minimum absolute atomic E-state index is 0.175. The van der Waals surface area contributed by atoms with Crippen LogP contribution in [-0.2, 0) is 52.5 Å². The molecule has 272 valence electrons. The number of carbonyl (C=O) groups is 7. The van der Waals surface area contributed by atoms with E-state index >= 15 is 0 Å². The summed E-state index contributed by atoms with van der Waals surface area (Å²) in [6.45, 7) is 0. The van der Waals surface area contributed by atoms with Crippen LogP contribution in [0.3, 0.4) is 0 Å². The normalized spacial score (nSPS) is 20.0. The third-order valence-corrected chi connectivity index (χ3v) is 7.21. The topological polar surface area (TPSA) is 298 Å². The van der Waals surface area contributed by atoms with Crippen molar-refractivity contribution >= 4 is 53.9 Å². The van der Waals surface area contributed by atoms with E-state index in [0.29, 0.717) is 0 Å². The van der Waals surface area contributed by atoms with E-state index in [0.717, 1.165) is 48.6 Å². The van der Waals surface area contributed by atoms with Crippen molar-refractivity contribution in [2.45, 2.75) is 62.4 Å². The number of rotatable bonds is 15. The average molecular weight is 717 g/mol. The van der Waals surface area contributed by atoms with E-state index in [2.05, 4.69) is 0 Å². The van der Waals surface area contributed by atoms with Gasteiger partial charge in [0.25, 0.3) is 0 Å². The number of hydrogen-bond donors (Lipinski definition) is 7. The van der Waals surface area contributed by atoms with E-state index in [4.69, 9.17) is 29.2 Å². The molecule has 1 fully saturated rings. The lowest BCUT2D eigenvalue weighted by molar-refractivity contribution is -0.220. The number of hydrogen-bond acceptors (Lipinski definition) is 15. The third kappa shape index (κ3) is 11.5. The molecule has 2 aromatic rings. The second kappa shape index (κ2) is 17.2. The molecule has 4 unspecified atom stereocenters. The van der Waals surface area contributed by atoms with Crippen molar-refractivity contribution in [2.24, 2.45) is 0 Å². The van der Waals surface area contributed by atoms with Crippen LogP contribution in [0.5, 0.6) is 23.0 Å². The number of carbonyl (C=O) groups excluding carboxylic acids is 4. The van der Waals surface area contributed by atoms with Crippen LogP contribution < -0.4 is 0 Å². The van der Waals surface area contributed by atoms with E-state index in [-0.39, 0.29) is 11.1 Å². The smallest absolute Gasteiger partial charge is 0.348 e. The molecule has 2 aromatic carbocycles. The van der Waals surface area contributed by atoms with E-state index in [9.17, 15) is 59.1 Å². The Morgan fingerprint density at radius 1 is 0.608 bits per heavy atom. The fourth-order valence-electron chi connectivity index (χ4n) is 4.76. The molecule has 0 aromatic heterocycles. The minimum atomic E-state index is -2.66. The molecule has 4 atom stereocenters. The molecule has 0 heterocycles. The highest BCUT2D eigenvalue weighted by Gasteiger charge is 2.57. The molecule has 1 saturated carbocycles. The van der Waals surface area contributed by atoms with E-state index < -0.39 is 127 Å². The molecule has 0 spiro atoms. The van der Waals surface area contributed by atoms with Gasteiger partial charge in [0, 0.05) is 25.0 Å². The number of carboxylic acid groups (broad SMARTS) is 3. The van der Waals surface area contributed by atoms with Gasteiger partial charge in [0.05, 0.1) is 25.7 Å². The zero-order valence-corrected chi connectivity index (χ0v) is 26.4. The zero-order chi connectivity index (χ0) is 37.9. The molecule has 7 N–H and O–H groups in total. The van der Waals surface area contributed by atoms with Crippen molar-refractivity contribution in [3.63, 3.8) is 0 Å². The van der Waals surface area contributed by atoms with Crippen LogP contribution in [0.15, 0.2) is 48.6 Å². The van der Waals surface area contributed by atoms with Crippen LogP contribution in [0.1, 0.15) is 49.7 Å². The SMILES string of the molecule is O=C(O)CCC(=O)OC1CC(OC(=O)C=Cc2ccc(O)c(O)c2)(C(=O)O)CC(OC(=O)C=Cc2ccc(O)c(O)c2)C1OC(=O)CCC(=O)O. The number of aromatic hydroxyl groups is 4. The minimum Gasteiger partial charge on any atom is -0.504 e. The Kier molecular flexibility index (Phi) is 13.1. The molecule has 18 nitrogen and oxygen atoms in total. The van der Waals surface area contributed by atoms with Crippen LogP contribution >= 0.6 is 0 Å². The van der Waals surface area contributed by atoms with E-state index in [1.807, 2.05) is 0 Å². The second-order valence-corrected chi connectivity index (χ2v) is 11.0. The van der Waals surface area contributed by atoms with Gasteiger partial charge in [0.2, 0.25) is 5.60 Å². The van der Waals surface area contributed by atoms with Gasteiger partial charge < -0.3 is 54.7 Å². The van der Waals surface area contributed by atoms with Crippen LogP contribution in [0.25, 0.3) is 12.2 Å². The van der Waals surface area contributed by atoms with Gasteiger partial charge in [-0.2, -0.15) is 0 Å². The summed E-state index contributed by atoms with van der Waals surface area (Å²) < 4.78 is 21.4. The van der Waals surface area contributed by atoms with Crippen molar-refractivity contribution in [3.8, 4) is 23.0 Å². The van der Waals surface area contributed by atoms with Gasteiger partial charge in [-0.25, -0.2) is 14.4 Å². The highest BCUT2D eigenvalue weighted by molar-refractivity contribution is 5.91. The fourth-order valence-corrected chi connectivity index (χ4v) is 4.76. The first-order chi connectivity index (χ1) is 24.0. The van der Waals surface area contributed by atoms with Gasteiger partial charge in [-0.05, 0) is 47.5 Å². The molecular formula is C33H32O18. The van der Waals surface area contributed by atoms with Crippen molar-refractivity contribution in [1.82, 2.24) is 0 Å². The molecule has 0 bridgehead atoms. The summed E-state index contributed by atoms with van der Waals surface area (Å²) in [4.78, 5) is 86.1. The van der Waals surface area contributed by atoms with Crippen molar-refractivity contribution < 1.29 is 88.3 Å². The van der Waals surface area contributed by atoms with Crippen LogP contribution in [-0.4, -0.2) is 101 Å². The zero-order valence-electron chi connectivity index (χ0n) is 26.4. The Balaban J connectivity index is 2.01. The number of phenols is 4. The maximum atomic E-state index is 13.0. The molecule has 0 amide bonds. The largest absolute Gasteiger partial charge is 0.504 e. The molecule has 1 aliphatic rings. The summed E-state index contributed by atoms with van der Waals surface area (Å²) >= 11 is 0. The lowest BCUT2D eigenvalue weighted by atomic mass is 9.78.